The fourth-order valence-corrected chi connectivity index (χ4v) is 1.83. The topological polar surface area (TPSA) is 27.3 Å². The number of nitrogens with one attached hydrogen (secondary N) is 2. The zero-order valence-corrected chi connectivity index (χ0v) is 10.8. The molecule has 0 spiro atoms. The van der Waals surface area contributed by atoms with Crippen LogP contribution in [0.15, 0.2) is 0 Å². The minimum atomic E-state index is 0.257. The van der Waals surface area contributed by atoms with Crippen molar-refractivity contribution in [2.75, 3.05) is 40.3 Å². The van der Waals surface area contributed by atoms with Gasteiger partial charge in [-0.05, 0) is 66.3 Å². The normalized spacial score (nSPS) is 19.8. The summed E-state index contributed by atoms with van der Waals surface area (Å²) in [6, 6.07) is 0. The van der Waals surface area contributed by atoms with Gasteiger partial charge in [-0.1, -0.05) is 0 Å². The van der Waals surface area contributed by atoms with Gasteiger partial charge in [0.2, 0.25) is 0 Å². The van der Waals surface area contributed by atoms with Crippen molar-refractivity contribution >= 4 is 0 Å². The lowest BCUT2D eigenvalue weighted by atomic mass is 9.97. The average molecular weight is 213 g/mol. The standard InChI is InChI=1S/C12H27N3/c1-12(2,15(3)4)10-14-9-11-5-7-13-8-6-11/h11,13-14H,5-10H2,1-4H3. The smallest absolute Gasteiger partial charge is 0.0271 e. The van der Waals surface area contributed by atoms with Crippen molar-refractivity contribution in [2.24, 2.45) is 5.92 Å². The summed E-state index contributed by atoms with van der Waals surface area (Å²) in [5, 5.41) is 7.01. The second-order valence-electron chi connectivity index (χ2n) is 5.53. The van der Waals surface area contributed by atoms with Crippen LogP contribution in [0.2, 0.25) is 0 Å². The van der Waals surface area contributed by atoms with Gasteiger partial charge in [0, 0.05) is 12.1 Å². The van der Waals surface area contributed by atoms with E-state index in [9.17, 15) is 0 Å². The molecule has 0 unspecified atom stereocenters. The first-order valence-corrected chi connectivity index (χ1v) is 6.11. The number of nitrogens with zero attached hydrogens (tertiary/aromatic N) is 1. The molecule has 0 aromatic carbocycles. The maximum Gasteiger partial charge on any atom is 0.0271 e. The Hall–Kier alpha value is -0.120. The van der Waals surface area contributed by atoms with E-state index < -0.39 is 0 Å². The SMILES string of the molecule is CN(C)C(C)(C)CNCC1CCNCC1. The molecular weight excluding hydrogens is 186 g/mol. The monoisotopic (exact) mass is 213 g/mol. The summed E-state index contributed by atoms with van der Waals surface area (Å²) >= 11 is 0. The highest BCUT2D eigenvalue weighted by atomic mass is 15.2. The number of hydrogen-bond acceptors (Lipinski definition) is 3. The highest BCUT2D eigenvalue weighted by Crippen LogP contribution is 2.11. The largest absolute Gasteiger partial charge is 0.317 e. The van der Waals surface area contributed by atoms with Crippen molar-refractivity contribution in [3.63, 3.8) is 0 Å². The maximum absolute atomic E-state index is 3.61. The van der Waals surface area contributed by atoms with Gasteiger partial charge in [-0.2, -0.15) is 0 Å². The first kappa shape index (κ1) is 12.9. The van der Waals surface area contributed by atoms with Crippen molar-refractivity contribution < 1.29 is 0 Å². The minimum Gasteiger partial charge on any atom is -0.317 e. The van der Waals surface area contributed by atoms with Crippen molar-refractivity contribution in [3.05, 3.63) is 0 Å². The van der Waals surface area contributed by atoms with E-state index in [2.05, 4.69) is 43.5 Å². The summed E-state index contributed by atoms with van der Waals surface area (Å²) in [6.45, 7) is 9.21. The van der Waals surface area contributed by atoms with E-state index >= 15 is 0 Å². The zero-order chi connectivity index (χ0) is 11.3. The number of rotatable bonds is 5. The summed E-state index contributed by atoms with van der Waals surface area (Å²) in [7, 11) is 4.29. The first-order valence-electron chi connectivity index (χ1n) is 6.11. The van der Waals surface area contributed by atoms with Gasteiger partial charge < -0.3 is 15.5 Å². The lowest BCUT2D eigenvalue weighted by molar-refractivity contribution is 0.185. The third-order valence-electron chi connectivity index (χ3n) is 3.66. The Morgan fingerprint density at radius 1 is 1.27 bits per heavy atom. The summed E-state index contributed by atoms with van der Waals surface area (Å²) in [4.78, 5) is 2.28. The van der Waals surface area contributed by atoms with E-state index in [1.165, 1.54) is 32.5 Å². The molecule has 15 heavy (non-hydrogen) atoms. The summed E-state index contributed by atoms with van der Waals surface area (Å²) < 4.78 is 0. The Balaban J connectivity index is 2.14. The lowest BCUT2D eigenvalue weighted by Crippen LogP contribution is -2.48. The molecule has 1 aliphatic rings. The first-order chi connectivity index (χ1) is 7.02. The van der Waals surface area contributed by atoms with Gasteiger partial charge in [0.25, 0.3) is 0 Å². The van der Waals surface area contributed by atoms with Gasteiger partial charge in [0.1, 0.15) is 0 Å². The molecule has 1 heterocycles. The molecule has 0 bridgehead atoms. The quantitative estimate of drug-likeness (QED) is 0.711. The van der Waals surface area contributed by atoms with Gasteiger partial charge >= 0.3 is 0 Å². The van der Waals surface area contributed by atoms with Crippen LogP contribution >= 0.6 is 0 Å². The predicted octanol–water partition coefficient (Wildman–Crippen LogP) is 0.916. The summed E-state index contributed by atoms with van der Waals surface area (Å²) in [5.41, 5.74) is 0.257. The molecule has 3 nitrogen and oxygen atoms in total. The third kappa shape index (κ3) is 4.49. The van der Waals surface area contributed by atoms with Crippen LogP contribution < -0.4 is 10.6 Å². The van der Waals surface area contributed by atoms with Crippen LogP contribution in [0.1, 0.15) is 26.7 Å². The maximum atomic E-state index is 3.61. The predicted molar refractivity (Wildman–Crippen MR) is 66.2 cm³/mol. The molecule has 2 N–H and O–H groups in total. The molecule has 1 rings (SSSR count). The van der Waals surface area contributed by atoms with Crippen LogP contribution in [-0.4, -0.2) is 50.7 Å². The van der Waals surface area contributed by atoms with Crippen LogP contribution in [0.4, 0.5) is 0 Å². The molecule has 0 aromatic rings. The Labute approximate surface area is 94.6 Å². The van der Waals surface area contributed by atoms with E-state index in [0.29, 0.717) is 0 Å². The molecule has 0 radical (unpaired) electrons. The minimum absolute atomic E-state index is 0.257. The van der Waals surface area contributed by atoms with E-state index in [4.69, 9.17) is 0 Å². The molecule has 1 aliphatic heterocycles. The van der Waals surface area contributed by atoms with Gasteiger partial charge in [0.15, 0.2) is 0 Å². The Bertz CT molecular complexity index is 172. The van der Waals surface area contributed by atoms with E-state index in [1.807, 2.05) is 0 Å². The Morgan fingerprint density at radius 2 is 1.87 bits per heavy atom. The fraction of sp³-hybridized carbons (Fsp3) is 1.00. The van der Waals surface area contributed by atoms with Gasteiger partial charge in [0.05, 0.1) is 0 Å². The number of likely N-dealkylation sites (N-methyl/N-ethyl adjacent to an activating group) is 1. The van der Waals surface area contributed by atoms with Crippen molar-refractivity contribution in [3.8, 4) is 0 Å². The Kier molecular flexibility index (Phi) is 5.03. The van der Waals surface area contributed by atoms with Crippen LogP contribution in [-0.2, 0) is 0 Å². The summed E-state index contributed by atoms with van der Waals surface area (Å²) in [6.07, 6.45) is 2.66. The average Bonchev–Trinajstić information content (AvgIpc) is 2.19. The van der Waals surface area contributed by atoms with Crippen LogP contribution in [0.5, 0.6) is 0 Å². The third-order valence-corrected chi connectivity index (χ3v) is 3.66. The van der Waals surface area contributed by atoms with E-state index in [1.54, 1.807) is 0 Å². The van der Waals surface area contributed by atoms with Crippen LogP contribution in [0.25, 0.3) is 0 Å². The molecule has 0 amide bonds. The van der Waals surface area contributed by atoms with E-state index in [-0.39, 0.29) is 5.54 Å². The number of hydrogen-bond donors (Lipinski definition) is 2. The fourth-order valence-electron chi connectivity index (χ4n) is 1.83. The molecular formula is C12H27N3. The van der Waals surface area contributed by atoms with Gasteiger partial charge in [-0.25, -0.2) is 0 Å². The lowest BCUT2D eigenvalue weighted by Gasteiger charge is -2.33. The van der Waals surface area contributed by atoms with E-state index in [0.717, 1.165) is 12.5 Å². The Morgan fingerprint density at radius 3 is 2.40 bits per heavy atom. The molecule has 0 saturated carbocycles. The van der Waals surface area contributed by atoms with Gasteiger partial charge in [-0.15, -0.1) is 0 Å². The highest BCUT2D eigenvalue weighted by molar-refractivity contribution is 4.80. The molecule has 1 fully saturated rings. The van der Waals surface area contributed by atoms with Crippen molar-refractivity contribution in [1.82, 2.24) is 15.5 Å². The second kappa shape index (κ2) is 5.83. The molecule has 0 aromatic heterocycles. The highest BCUT2D eigenvalue weighted by Gasteiger charge is 2.20. The molecule has 0 atom stereocenters. The van der Waals surface area contributed by atoms with Crippen LogP contribution in [0, 0.1) is 5.92 Å². The number of piperidine rings is 1. The molecule has 3 heteroatoms. The van der Waals surface area contributed by atoms with Crippen molar-refractivity contribution in [1.29, 1.82) is 0 Å². The zero-order valence-electron chi connectivity index (χ0n) is 10.8. The summed E-state index contributed by atoms with van der Waals surface area (Å²) in [5.74, 6) is 0.879. The van der Waals surface area contributed by atoms with Crippen molar-refractivity contribution in [2.45, 2.75) is 32.2 Å². The van der Waals surface area contributed by atoms with Crippen LogP contribution in [0.3, 0.4) is 0 Å². The molecule has 0 aliphatic carbocycles. The second-order valence-corrected chi connectivity index (χ2v) is 5.53. The molecule has 90 valence electrons. The molecule has 1 saturated heterocycles. The van der Waals surface area contributed by atoms with Gasteiger partial charge in [-0.3, -0.25) is 0 Å².